The monoisotopic (exact) mass is 334 g/mol. The van der Waals surface area contributed by atoms with Gasteiger partial charge in [0.1, 0.15) is 20.9 Å². The standard InChI is InChI=1S/C10H11BrN2O4S/c1-5-4-8(7(3)16-5)18(14,15)13-10-9(11)6(2)12-17-10/h4,13H,1-3H3. The second kappa shape index (κ2) is 4.43. The van der Waals surface area contributed by atoms with Gasteiger partial charge in [-0.3, -0.25) is 0 Å². The van der Waals surface area contributed by atoms with Gasteiger partial charge >= 0.3 is 0 Å². The number of nitrogens with zero attached hydrogens (tertiary/aromatic N) is 1. The van der Waals surface area contributed by atoms with Crippen LogP contribution in [0.15, 0.2) is 24.4 Å². The molecule has 0 aliphatic heterocycles. The number of rotatable bonds is 3. The van der Waals surface area contributed by atoms with E-state index in [1.807, 2.05) is 0 Å². The molecule has 2 aromatic heterocycles. The van der Waals surface area contributed by atoms with E-state index in [1.165, 1.54) is 6.07 Å². The Morgan fingerprint density at radius 3 is 2.44 bits per heavy atom. The highest BCUT2D eigenvalue weighted by Crippen LogP contribution is 2.29. The van der Waals surface area contributed by atoms with Gasteiger partial charge in [0.05, 0.1) is 5.69 Å². The molecule has 2 heterocycles. The topological polar surface area (TPSA) is 85.3 Å². The van der Waals surface area contributed by atoms with Crippen molar-refractivity contribution < 1.29 is 17.4 Å². The lowest BCUT2D eigenvalue weighted by Gasteiger charge is -2.03. The highest BCUT2D eigenvalue weighted by Gasteiger charge is 2.24. The maximum Gasteiger partial charge on any atom is 0.267 e. The molecule has 0 aliphatic rings. The number of aryl methyl sites for hydroxylation is 3. The Morgan fingerprint density at radius 1 is 1.33 bits per heavy atom. The third-order valence-corrected chi connectivity index (χ3v) is 4.68. The fraction of sp³-hybridized carbons (Fsp3) is 0.300. The molecule has 2 aromatic rings. The second-order valence-corrected chi connectivity index (χ2v) is 6.24. The first-order valence-electron chi connectivity index (χ1n) is 5.03. The third kappa shape index (κ3) is 2.30. The number of anilines is 1. The van der Waals surface area contributed by atoms with Crippen LogP contribution in [0.2, 0.25) is 0 Å². The van der Waals surface area contributed by atoms with E-state index in [0.29, 0.717) is 21.7 Å². The molecule has 0 fully saturated rings. The molecule has 0 atom stereocenters. The molecule has 1 N–H and O–H groups in total. The van der Waals surface area contributed by atoms with Crippen LogP contribution >= 0.6 is 15.9 Å². The lowest BCUT2D eigenvalue weighted by atomic mass is 10.4. The molecular weight excluding hydrogens is 324 g/mol. The van der Waals surface area contributed by atoms with Crippen LogP contribution in [-0.2, 0) is 10.0 Å². The van der Waals surface area contributed by atoms with Crippen molar-refractivity contribution in [3.63, 3.8) is 0 Å². The summed E-state index contributed by atoms with van der Waals surface area (Å²) in [5.41, 5.74) is 0.563. The lowest BCUT2D eigenvalue weighted by Crippen LogP contribution is -2.13. The normalized spacial score (nSPS) is 11.8. The zero-order valence-corrected chi connectivity index (χ0v) is 12.3. The van der Waals surface area contributed by atoms with Crippen LogP contribution in [-0.4, -0.2) is 13.6 Å². The molecule has 0 amide bonds. The molecule has 0 saturated heterocycles. The first-order valence-corrected chi connectivity index (χ1v) is 7.30. The summed E-state index contributed by atoms with van der Waals surface area (Å²) in [6.07, 6.45) is 0. The Kier molecular flexibility index (Phi) is 3.24. The van der Waals surface area contributed by atoms with Gasteiger partial charge in [0.2, 0.25) is 0 Å². The summed E-state index contributed by atoms with van der Waals surface area (Å²) < 4.78 is 37.1. The first kappa shape index (κ1) is 13.2. The van der Waals surface area contributed by atoms with Crippen molar-refractivity contribution in [2.24, 2.45) is 0 Å². The van der Waals surface area contributed by atoms with Crippen LogP contribution in [0.1, 0.15) is 17.2 Å². The summed E-state index contributed by atoms with van der Waals surface area (Å²) in [6.45, 7) is 4.96. The molecular formula is C10H11BrN2O4S. The van der Waals surface area contributed by atoms with Crippen LogP contribution < -0.4 is 4.72 Å². The Morgan fingerprint density at radius 2 is 2.00 bits per heavy atom. The maximum absolute atomic E-state index is 12.1. The van der Waals surface area contributed by atoms with Crippen LogP contribution in [0.5, 0.6) is 0 Å². The molecule has 98 valence electrons. The minimum atomic E-state index is -3.74. The Bertz CT molecular complexity index is 687. The van der Waals surface area contributed by atoms with E-state index in [0.717, 1.165) is 0 Å². The van der Waals surface area contributed by atoms with E-state index in [-0.39, 0.29) is 10.8 Å². The molecule has 0 aliphatic carbocycles. The van der Waals surface area contributed by atoms with E-state index >= 15 is 0 Å². The fourth-order valence-corrected chi connectivity index (χ4v) is 3.08. The maximum atomic E-state index is 12.1. The average Bonchev–Trinajstić information content (AvgIpc) is 2.75. The van der Waals surface area contributed by atoms with E-state index in [4.69, 9.17) is 8.94 Å². The van der Waals surface area contributed by atoms with E-state index in [2.05, 4.69) is 25.8 Å². The summed E-state index contributed by atoms with van der Waals surface area (Å²) in [7, 11) is -3.74. The highest BCUT2D eigenvalue weighted by atomic mass is 79.9. The van der Waals surface area contributed by atoms with Gasteiger partial charge in [-0.15, -0.1) is 0 Å². The molecule has 0 aromatic carbocycles. The highest BCUT2D eigenvalue weighted by molar-refractivity contribution is 9.10. The predicted octanol–water partition coefficient (Wildman–Crippen LogP) is 2.76. The number of nitrogens with one attached hydrogen (secondary N) is 1. The molecule has 0 unspecified atom stereocenters. The van der Waals surface area contributed by atoms with Crippen LogP contribution in [0.3, 0.4) is 0 Å². The smallest absolute Gasteiger partial charge is 0.267 e. The Hall–Kier alpha value is -1.28. The number of aromatic nitrogens is 1. The van der Waals surface area contributed by atoms with Crippen molar-refractivity contribution in [2.75, 3.05) is 4.72 Å². The second-order valence-electron chi connectivity index (χ2n) is 3.79. The number of halogens is 1. The van der Waals surface area contributed by atoms with E-state index in [9.17, 15) is 8.42 Å². The molecule has 0 bridgehead atoms. The van der Waals surface area contributed by atoms with Gasteiger partial charge in [0.15, 0.2) is 0 Å². The van der Waals surface area contributed by atoms with Gasteiger partial charge in [-0.05, 0) is 36.7 Å². The molecule has 0 saturated carbocycles. The van der Waals surface area contributed by atoms with Crippen molar-refractivity contribution in [1.82, 2.24) is 5.16 Å². The fourth-order valence-electron chi connectivity index (χ4n) is 1.47. The van der Waals surface area contributed by atoms with Gasteiger partial charge < -0.3 is 8.94 Å². The minimum absolute atomic E-state index is 0.0470. The molecule has 6 nitrogen and oxygen atoms in total. The van der Waals surface area contributed by atoms with Crippen molar-refractivity contribution in [3.05, 3.63) is 27.8 Å². The minimum Gasteiger partial charge on any atom is -0.465 e. The Balaban J connectivity index is 2.39. The molecule has 2 rings (SSSR count). The van der Waals surface area contributed by atoms with Gasteiger partial charge in [-0.25, -0.2) is 13.1 Å². The first-order chi connectivity index (χ1) is 8.31. The van der Waals surface area contributed by atoms with Gasteiger partial charge in [0.25, 0.3) is 15.9 Å². The molecule has 0 radical (unpaired) electrons. The van der Waals surface area contributed by atoms with Crippen LogP contribution in [0, 0.1) is 20.8 Å². The van der Waals surface area contributed by atoms with Gasteiger partial charge in [-0.2, -0.15) is 0 Å². The zero-order valence-electron chi connectivity index (χ0n) is 9.94. The molecule has 0 spiro atoms. The van der Waals surface area contributed by atoms with Crippen molar-refractivity contribution in [3.8, 4) is 0 Å². The summed E-state index contributed by atoms with van der Waals surface area (Å²) >= 11 is 3.19. The average molecular weight is 335 g/mol. The van der Waals surface area contributed by atoms with Gasteiger partial charge in [-0.1, -0.05) is 5.16 Å². The van der Waals surface area contributed by atoms with Crippen LogP contribution in [0.4, 0.5) is 5.88 Å². The molecule has 8 heteroatoms. The summed E-state index contributed by atoms with van der Waals surface area (Å²) in [5.74, 6) is 0.902. The van der Waals surface area contributed by atoms with Crippen molar-refractivity contribution in [1.29, 1.82) is 0 Å². The number of furan rings is 1. The SMILES string of the molecule is Cc1cc(S(=O)(=O)Nc2onc(C)c2Br)c(C)o1. The van der Waals surface area contributed by atoms with Crippen molar-refractivity contribution in [2.45, 2.75) is 25.7 Å². The largest absolute Gasteiger partial charge is 0.465 e. The van der Waals surface area contributed by atoms with Crippen molar-refractivity contribution >= 4 is 31.8 Å². The predicted molar refractivity (Wildman–Crippen MR) is 67.9 cm³/mol. The summed E-state index contributed by atoms with van der Waals surface area (Å²) in [5, 5.41) is 3.65. The zero-order chi connectivity index (χ0) is 13.5. The molecule has 18 heavy (non-hydrogen) atoms. The van der Waals surface area contributed by atoms with Crippen LogP contribution in [0.25, 0.3) is 0 Å². The van der Waals surface area contributed by atoms with E-state index in [1.54, 1.807) is 20.8 Å². The van der Waals surface area contributed by atoms with Gasteiger partial charge in [0, 0.05) is 6.07 Å². The lowest BCUT2D eigenvalue weighted by molar-refractivity contribution is 0.430. The Labute approximate surface area is 113 Å². The quantitative estimate of drug-likeness (QED) is 0.932. The summed E-state index contributed by atoms with van der Waals surface area (Å²) in [4.78, 5) is 0.0842. The number of hydrogen-bond donors (Lipinski definition) is 1. The van der Waals surface area contributed by atoms with E-state index < -0.39 is 10.0 Å². The summed E-state index contributed by atoms with van der Waals surface area (Å²) in [6, 6.07) is 1.45. The number of sulfonamides is 1. The third-order valence-electron chi connectivity index (χ3n) is 2.30. The number of hydrogen-bond acceptors (Lipinski definition) is 5.